The molecule has 0 aliphatic carbocycles. The van der Waals surface area contributed by atoms with Crippen LogP contribution in [0.15, 0.2) is 29.2 Å². The minimum absolute atomic E-state index is 0.224. The Labute approximate surface area is 117 Å². The van der Waals surface area contributed by atoms with Gasteiger partial charge in [-0.25, -0.2) is 0 Å². The quantitative estimate of drug-likeness (QED) is 0.678. The van der Waals surface area contributed by atoms with E-state index in [0.717, 1.165) is 5.56 Å². The molecule has 2 heterocycles. The van der Waals surface area contributed by atoms with Crippen LogP contribution in [-0.4, -0.2) is 19.7 Å². The smallest absolute Gasteiger partial charge is 0.270 e. The maximum atomic E-state index is 12.4. The van der Waals surface area contributed by atoms with Gasteiger partial charge in [-0.15, -0.1) is 0 Å². The van der Waals surface area contributed by atoms with Crippen molar-refractivity contribution in [2.45, 2.75) is 6.92 Å². The molecule has 0 atom stereocenters. The highest BCUT2D eigenvalue weighted by Crippen LogP contribution is 2.19. The molecular formula is C12H9ClN4OS. The number of aryl methyl sites for hydroxylation is 1. The molecule has 19 heavy (non-hydrogen) atoms. The molecule has 0 fully saturated rings. The molecular weight excluding hydrogens is 284 g/mol. The zero-order chi connectivity index (χ0) is 13.6. The predicted molar refractivity (Wildman–Crippen MR) is 76.6 cm³/mol. The van der Waals surface area contributed by atoms with Gasteiger partial charge in [-0.1, -0.05) is 17.7 Å². The zero-order valence-electron chi connectivity index (χ0n) is 9.90. The number of hydrogen-bond acceptors (Lipinski definition) is 3. The highest BCUT2D eigenvalue weighted by atomic mass is 35.5. The largest absolute Gasteiger partial charge is 0.316 e. The van der Waals surface area contributed by atoms with Gasteiger partial charge in [0.05, 0.1) is 11.9 Å². The molecule has 2 aromatic heterocycles. The molecule has 5 nitrogen and oxygen atoms in total. The van der Waals surface area contributed by atoms with Crippen molar-refractivity contribution in [2.24, 2.45) is 0 Å². The fourth-order valence-corrected chi connectivity index (χ4v) is 2.41. The topological polar surface area (TPSA) is 66.5 Å². The van der Waals surface area contributed by atoms with Crippen LogP contribution in [0.2, 0.25) is 5.02 Å². The van der Waals surface area contributed by atoms with Crippen molar-refractivity contribution in [2.75, 3.05) is 0 Å². The molecule has 0 radical (unpaired) electrons. The third-order valence-corrected chi connectivity index (χ3v) is 3.44. The highest BCUT2D eigenvalue weighted by molar-refractivity contribution is 7.71. The number of H-pyrrole nitrogens is 2. The summed E-state index contributed by atoms with van der Waals surface area (Å²) in [6, 6.07) is 5.33. The summed E-state index contributed by atoms with van der Waals surface area (Å²) in [5, 5.41) is 7.53. The van der Waals surface area contributed by atoms with Crippen molar-refractivity contribution in [3.8, 4) is 5.69 Å². The van der Waals surface area contributed by atoms with Crippen LogP contribution in [0.3, 0.4) is 0 Å². The number of aromatic nitrogens is 4. The van der Waals surface area contributed by atoms with Gasteiger partial charge in [0, 0.05) is 5.02 Å². The van der Waals surface area contributed by atoms with Crippen molar-refractivity contribution in [3.05, 3.63) is 50.1 Å². The lowest BCUT2D eigenvalue weighted by Gasteiger charge is -2.09. The van der Waals surface area contributed by atoms with Crippen molar-refractivity contribution < 1.29 is 0 Å². The molecule has 0 amide bonds. The number of halogens is 1. The van der Waals surface area contributed by atoms with E-state index in [2.05, 4.69) is 15.2 Å². The Balaban J connectivity index is 2.46. The summed E-state index contributed by atoms with van der Waals surface area (Å²) in [5.74, 6) is 0. The fourth-order valence-electron chi connectivity index (χ4n) is 1.96. The number of aromatic amines is 2. The molecule has 0 bridgehead atoms. The summed E-state index contributed by atoms with van der Waals surface area (Å²) in [4.78, 5) is 15.4. The van der Waals surface area contributed by atoms with Crippen LogP contribution in [0.25, 0.3) is 16.7 Å². The van der Waals surface area contributed by atoms with Crippen molar-refractivity contribution >= 4 is 34.9 Å². The second-order valence-corrected chi connectivity index (χ2v) is 4.98. The normalized spacial score (nSPS) is 11.1. The Bertz CT molecular complexity index is 893. The first kappa shape index (κ1) is 12.1. The van der Waals surface area contributed by atoms with Crippen LogP contribution in [0.4, 0.5) is 0 Å². The number of hydrogen-bond donors (Lipinski definition) is 2. The number of nitrogens with zero attached hydrogens (tertiary/aromatic N) is 2. The second kappa shape index (κ2) is 4.32. The monoisotopic (exact) mass is 292 g/mol. The van der Waals surface area contributed by atoms with Crippen LogP contribution in [0.1, 0.15) is 5.56 Å². The van der Waals surface area contributed by atoms with E-state index >= 15 is 0 Å². The third-order valence-electron chi connectivity index (χ3n) is 2.92. The van der Waals surface area contributed by atoms with E-state index in [1.807, 2.05) is 13.0 Å². The fraction of sp³-hybridized carbons (Fsp3) is 0.0833. The van der Waals surface area contributed by atoms with Gasteiger partial charge in [0.1, 0.15) is 11.0 Å². The Kier molecular flexibility index (Phi) is 2.76. The molecule has 7 heteroatoms. The Morgan fingerprint density at radius 3 is 3.00 bits per heavy atom. The van der Waals surface area contributed by atoms with Crippen LogP contribution in [0, 0.1) is 11.7 Å². The maximum absolute atomic E-state index is 12.4. The highest BCUT2D eigenvalue weighted by Gasteiger charge is 2.11. The van der Waals surface area contributed by atoms with Gasteiger partial charge in [-0.2, -0.15) is 5.10 Å². The van der Waals surface area contributed by atoms with E-state index in [-0.39, 0.29) is 5.56 Å². The molecule has 3 aromatic rings. The van der Waals surface area contributed by atoms with Gasteiger partial charge in [-0.05, 0) is 36.8 Å². The lowest BCUT2D eigenvalue weighted by Crippen LogP contribution is -2.20. The Hall–Kier alpha value is -1.92. The van der Waals surface area contributed by atoms with Crippen molar-refractivity contribution in [1.82, 2.24) is 19.7 Å². The Morgan fingerprint density at radius 1 is 1.42 bits per heavy atom. The molecule has 96 valence electrons. The molecule has 0 unspecified atom stereocenters. The number of nitrogens with one attached hydrogen (secondary N) is 2. The van der Waals surface area contributed by atoms with Crippen LogP contribution in [-0.2, 0) is 0 Å². The van der Waals surface area contributed by atoms with Gasteiger partial charge in [0.15, 0.2) is 4.77 Å². The van der Waals surface area contributed by atoms with Crippen LogP contribution in [0.5, 0.6) is 0 Å². The molecule has 3 rings (SSSR count). The van der Waals surface area contributed by atoms with Gasteiger partial charge >= 0.3 is 0 Å². The molecule has 0 aliphatic heterocycles. The third kappa shape index (κ3) is 1.89. The zero-order valence-corrected chi connectivity index (χ0v) is 11.5. The first-order chi connectivity index (χ1) is 9.08. The van der Waals surface area contributed by atoms with E-state index < -0.39 is 0 Å². The van der Waals surface area contributed by atoms with Crippen molar-refractivity contribution in [3.63, 3.8) is 0 Å². The standard InChI is InChI=1S/C12H9ClN4OS/c1-6-2-3-7(13)4-9(6)17-11(18)8-5-14-16-10(8)15-12(17)19/h2-5H,1H3,(H2,14,15,16,19). The number of fused-ring (bicyclic) bond motifs is 1. The SMILES string of the molecule is Cc1ccc(Cl)cc1-n1c(=S)[nH]c2[nH]ncc2c1=O. The lowest BCUT2D eigenvalue weighted by atomic mass is 10.2. The molecule has 0 spiro atoms. The molecule has 0 saturated heterocycles. The average molecular weight is 293 g/mol. The van der Waals surface area contributed by atoms with Crippen molar-refractivity contribution in [1.29, 1.82) is 0 Å². The summed E-state index contributed by atoms with van der Waals surface area (Å²) < 4.78 is 1.72. The number of rotatable bonds is 1. The first-order valence-electron chi connectivity index (χ1n) is 5.53. The van der Waals surface area contributed by atoms with E-state index in [4.69, 9.17) is 23.8 Å². The minimum atomic E-state index is -0.224. The molecule has 0 saturated carbocycles. The summed E-state index contributed by atoms with van der Waals surface area (Å²) >= 11 is 11.2. The summed E-state index contributed by atoms with van der Waals surface area (Å²) in [6.07, 6.45) is 1.47. The Morgan fingerprint density at radius 2 is 2.21 bits per heavy atom. The first-order valence-corrected chi connectivity index (χ1v) is 6.31. The summed E-state index contributed by atoms with van der Waals surface area (Å²) in [5.41, 5.74) is 1.87. The van der Waals surface area contributed by atoms with Crippen LogP contribution >= 0.6 is 23.8 Å². The van der Waals surface area contributed by atoms with E-state index in [0.29, 0.717) is 26.5 Å². The average Bonchev–Trinajstić information content (AvgIpc) is 2.82. The summed E-state index contributed by atoms with van der Waals surface area (Å²) in [6.45, 7) is 1.90. The molecule has 2 N–H and O–H groups in total. The lowest BCUT2D eigenvalue weighted by molar-refractivity contribution is 0.926. The minimum Gasteiger partial charge on any atom is -0.316 e. The van der Waals surface area contributed by atoms with Gasteiger partial charge in [0.25, 0.3) is 5.56 Å². The number of benzene rings is 1. The van der Waals surface area contributed by atoms with Crippen LogP contribution < -0.4 is 5.56 Å². The van der Waals surface area contributed by atoms with E-state index in [1.54, 1.807) is 12.1 Å². The molecule has 1 aromatic carbocycles. The molecule has 0 aliphatic rings. The second-order valence-electron chi connectivity index (χ2n) is 4.16. The van der Waals surface area contributed by atoms with E-state index in [9.17, 15) is 4.79 Å². The van der Waals surface area contributed by atoms with Gasteiger partial charge in [-0.3, -0.25) is 14.5 Å². The summed E-state index contributed by atoms with van der Waals surface area (Å²) in [7, 11) is 0. The van der Waals surface area contributed by atoms with Gasteiger partial charge in [0.2, 0.25) is 0 Å². The predicted octanol–water partition coefficient (Wildman–Crippen LogP) is 2.73. The maximum Gasteiger partial charge on any atom is 0.270 e. The van der Waals surface area contributed by atoms with Gasteiger partial charge < -0.3 is 4.98 Å². The van der Waals surface area contributed by atoms with E-state index in [1.165, 1.54) is 10.8 Å².